The maximum atomic E-state index is 13.6. The van der Waals surface area contributed by atoms with Gasteiger partial charge in [-0.3, -0.25) is 4.79 Å². The number of anilines is 1. The van der Waals surface area contributed by atoms with Crippen LogP contribution in [0.15, 0.2) is 36.4 Å². The molecule has 0 aromatic heterocycles. The van der Waals surface area contributed by atoms with Crippen LogP contribution in [-0.4, -0.2) is 11.0 Å². The first kappa shape index (κ1) is 12.8. The fourth-order valence-corrected chi connectivity index (χ4v) is 2.39. The van der Waals surface area contributed by atoms with Gasteiger partial charge in [0.1, 0.15) is 11.9 Å². The molecule has 0 bridgehead atoms. The van der Waals surface area contributed by atoms with E-state index < -0.39 is 6.10 Å². The molecular formula is C16H14FNO2. The van der Waals surface area contributed by atoms with Crippen LogP contribution in [0.5, 0.6) is 0 Å². The molecule has 0 radical (unpaired) electrons. The van der Waals surface area contributed by atoms with E-state index in [4.69, 9.17) is 0 Å². The van der Waals surface area contributed by atoms with Crippen LogP contribution in [-0.2, 0) is 11.2 Å². The van der Waals surface area contributed by atoms with Gasteiger partial charge in [-0.2, -0.15) is 0 Å². The number of rotatable bonds is 2. The summed E-state index contributed by atoms with van der Waals surface area (Å²) in [4.78, 5) is 11.3. The lowest BCUT2D eigenvalue weighted by Gasteiger charge is -2.13. The third-order valence-corrected chi connectivity index (χ3v) is 3.58. The molecule has 0 aliphatic carbocycles. The lowest BCUT2D eigenvalue weighted by molar-refractivity contribution is -0.115. The van der Waals surface area contributed by atoms with Gasteiger partial charge >= 0.3 is 0 Å². The topological polar surface area (TPSA) is 49.3 Å². The molecule has 1 amide bonds. The molecule has 102 valence electrons. The van der Waals surface area contributed by atoms with E-state index in [2.05, 4.69) is 5.32 Å². The highest BCUT2D eigenvalue weighted by molar-refractivity contribution is 5.99. The molecule has 2 aromatic carbocycles. The van der Waals surface area contributed by atoms with Crippen LogP contribution in [0.4, 0.5) is 10.1 Å². The number of nitrogens with one attached hydrogen (secondary N) is 1. The Labute approximate surface area is 116 Å². The van der Waals surface area contributed by atoms with Gasteiger partial charge in [0.25, 0.3) is 0 Å². The van der Waals surface area contributed by atoms with Crippen LogP contribution in [0.25, 0.3) is 0 Å². The molecule has 20 heavy (non-hydrogen) atoms. The van der Waals surface area contributed by atoms with Crippen molar-refractivity contribution in [2.75, 3.05) is 5.32 Å². The second-order valence-corrected chi connectivity index (χ2v) is 5.05. The van der Waals surface area contributed by atoms with Crippen molar-refractivity contribution in [2.24, 2.45) is 0 Å². The van der Waals surface area contributed by atoms with Crippen LogP contribution in [0.3, 0.4) is 0 Å². The van der Waals surface area contributed by atoms with Crippen molar-refractivity contribution in [1.82, 2.24) is 0 Å². The average molecular weight is 271 g/mol. The molecule has 0 spiro atoms. The fraction of sp³-hybridized carbons (Fsp3) is 0.188. The molecule has 1 heterocycles. The van der Waals surface area contributed by atoms with Crippen molar-refractivity contribution in [3.63, 3.8) is 0 Å². The summed E-state index contributed by atoms with van der Waals surface area (Å²) in [5, 5.41) is 13.1. The molecular weight excluding hydrogens is 257 g/mol. The number of carbonyl (C=O) groups excluding carboxylic acids is 1. The second kappa shape index (κ2) is 4.72. The van der Waals surface area contributed by atoms with Crippen molar-refractivity contribution in [3.05, 3.63) is 64.5 Å². The molecule has 1 aliphatic rings. The average Bonchev–Trinajstić information content (AvgIpc) is 2.80. The van der Waals surface area contributed by atoms with Crippen LogP contribution in [0, 0.1) is 12.7 Å². The summed E-state index contributed by atoms with van der Waals surface area (Å²) in [6.07, 6.45) is -0.580. The number of fused-ring (bicyclic) bond motifs is 1. The minimum absolute atomic E-state index is 0.0481. The Balaban J connectivity index is 1.94. The number of halogens is 1. The number of hydrogen-bond donors (Lipinski definition) is 2. The monoisotopic (exact) mass is 271 g/mol. The number of carbonyl (C=O) groups is 1. The molecule has 0 saturated carbocycles. The third-order valence-electron chi connectivity index (χ3n) is 3.58. The SMILES string of the molecule is Cc1ccc(C(O)c2ccc3c(c2)CC(=O)N3)cc1F. The molecule has 0 fully saturated rings. The van der Waals surface area contributed by atoms with Gasteiger partial charge in [0, 0.05) is 5.69 Å². The molecule has 3 nitrogen and oxygen atoms in total. The molecule has 3 rings (SSSR count). The Bertz CT molecular complexity index is 697. The second-order valence-electron chi connectivity index (χ2n) is 5.05. The Kier molecular flexibility index (Phi) is 3.03. The van der Waals surface area contributed by atoms with Crippen molar-refractivity contribution >= 4 is 11.6 Å². The summed E-state index contributed by atoms with van der Waals surface area (Å²) in [6, 6.07) is 9.99. The van der Waals surface area contributed by atoms with Gasteiger partial charge in [0.2, 0.25) is 5.91 Å². The highest BCUT2D eigenvalue weighted by atomic mass is 19.1. The normalized spacial score (nSPS) is 14.8. The molecule has 0 saturated heterocycles. The van der Waals surface area contributed by atoms with E-state index in [0.717, 1.165) is 11.3 Å². The number of hydrogen-bond acceptors (Lipinski definition) is 2. The molecule has 1 atom stereocenters. The standard InChI is InChI=1S/C16H14FNO2/c1-9-2-3-11(7-13(9)17)16(20)10-4-5-14-12(6-10)8-15(19)18-14/h2-7,16,20H,8H2,1H3,(H,18,19). The predicted octanol–water partition coefficient (Wildman–Crippen LogP) is 2.71. The van der Waals surface area contributed by atoms with Crippen molar-refractivity contribution in [2.45, 2.75) is 19.4 Å². The van der Waals surface area contributed by atoms with E-state index in [9.17, 15) is 14.3 Å². The quantitative estimate of drug-likeness (QED) is 0.882. The lowest BCUT2D eigenvalue weighted by atomic mass is 9.98. The van der Waals surface area contributed by atoms with Crippen LogP contribution >= 0.6 is 0 Å². The Morgan fingerprint density at radius 3 is 2.65 bits per heavy atom. The molecule has 2 N–H and O–H groups in total. The minimum Gasteiger partial charge on any atom is -0.384 e. The zero-order chi connectivity index (χ0) is 14.3. The van der Waals surface area contributed by atoms with Crippen molar-refractivity contribution in [3.8, 4) is 0 Å². The van der Waals surface area contributed by atoms with E-state index in [-0.39, 0.29) is 11.7 Å². The molecule has 1 unspecified atom stereocenters. The molecule has 2 aromatic rings. The van der Waals surface area contributed by atoms with Crippen molar-refractivity contribution < 1.29 is 14.3 Å². The molecule has 4 heteroatoms. The number of amides is 1. The summed E-state index contributed by atoms with van der Waals surface area (Å²) >= 11 is 0. The van der Waals surface area contributed by atoms with E-state index in [1.54, 1.807) is 37.3 Å². The third kappa shape index (κ3) is 2.18. The smallest absolute Gasteiger partial charge is 0.228 e. The highest BCUT2D eigenvalue weighted by Gasteiger charge is 2.20. The van der Waals surface area contributed by atoms with Gasteiger partial charge in [0.15, 0.2) is 0 Å². The van der Waals surface area contributed by atoms with E-state index in [1.807, 2.05) is 0 Å². The van der Waals surface area contributed by atoms with Crippen LogP contribution in [0.2, 0.25) is 0 Å². The zero-order valence-corrected chi connectivity index (χ0v) is 11.0. The van der Waals surface area contributed by atoms with Gasteiger partial charge in [-0.1, -0.05) is 24.3 Å². The maximum absolute atomic E-state index is 13.6. The Hall–Kier alpha value is -2.20. The number of aryl methyl sites for hydroxylation is 1. The Morgan fingerprint density at radius 2 is 1.90 bits per heavy atom. The van der Waals surface area contributed by atoms with Crippen molar-refractivity contribution in [1.29, 1.82) is 0 Å². The largest absolute Gasteiger partial charge is 0.384 e. The summed E-state index contributed by atoms with van der Waals surface area (Å²) in [5.74, 6) is -0.382. The lowest BCUT2D eigenvalue weighted by Crippen LogP contribution is -2.03. The van der Waals surface area contributed by atoms with E-state index in [1.165, 1.54) is 6.07 Å². The highest BCUT2D eigenvalue weighted by Crippen LogP contribution is 2.29. The summed E-state index contributed by atoms with van der Waals surface area (Å²) in [7, 11) is 0. The number of benzene rings is 2. The van der Waals surface area contributed by atoms with E-state index >= 15 is 0 Å². The summed E-state index contributed by atoms with van der Waals surface area (Å²) < 4.78 is 13.6. The molecule has 1 aliphatic heterocycles. The van der Waals surface area contributed by atoms with Gasteiger partial charge in [-0.25, -0.2) is 4.39 Å². The first-order valence-corrected chi connectivity index (χ1v) is 6.41. The zero-order valence-electron chi connectivity index (χ0n) is 11.0. The van der Waals surface area contributed by atoms with Crippen LogP contribution in [0.1, 0.15) is 28.4 Å². The Morgan fingerprint density at radius 1 is 1.20 bits per heavy atom. The summed E-state index contributed by atoms with van der Waals surface area (Å²) in [6.45, 7) is 1.68. The van der Waals surface area contributed by atoms with E-state index in [0.29, 0.717) is 23.1 Å². The van der Waals surface area contributed by atoms with Crippen LogP contribution < -0.4 is 5.32 Å². The maximum Gasteiger partial charge on any atom is 0.228 e. The first-order chi connectivity index (χ1) is 9.54. The van der Waals surface area contributed by atoms with Gasteiger partial charge in [-0.05, 0) is 41.3 Å². The number of aliphatic hydroxyl groups is 1. The summed E-state index contributed by atoms with van der Waals surface area (Å²) in [5.41, 5.74) is 3.35. The fourth-order valence-electron chi connectivity index (χ4n) is 2.39. The van der Waals surface area contributed by atoms with Gasteiger partial charge in [0.05, 0.1) is 6.42 Å². The van der Waals surface area contributed by atoms with Gasteiger partial charge < -0.3 is 10.4 Å². The first-order valence-electron chi connectivity index (χ1n) is 6.41. The van der Waals surface area contributed by atoms with Gasteiger partial charge in [-0.15, -0.1) is 0 Å². The minimum atomic E-state index is -0.897. The predicted molar refractivity (Wildman–Crippen MR) is 74.0 cm³/mol. The number of aliphatic hydroxyl groups excluding tert-OH is 1.